The number of nitrogens with one attached hydrogen (secondary N) is 1. The van der Waals surface area contributed by atoms with Crippen LogP contribution in [-0.2, 0) is 4.74 Å². The molecule has 2 aromatic rings. The third kappa shape index (κ3) is 3.08. The van der Waals surface area contributed by atoms with E-state index in [4.69, 9.17) is 9.47 Å². The number of fused-ring (bicyclic) bond motifs is 1. The van der Waals surface area contributed by atoms with Crippen molar-refractivity contribution in [3.8, 4) is 5.75 Å². The van der Waals surface area contributed by atoms with Gasteiger partial charge in [-0.3, -0.25) is 0 Å². The Morgan fingerprint density at radius 2 is 2.29 bits per heavy atom. The summed E-state index contributed by atoms with van der Waals surface area (Å²) >= 11 is 1.63. The number of anilines is 1. The molecule has 0 spiro atoms. The first kappa shape index (κ1) is 12.1. The van der Waals surface area contributed by atoms with Crippen LogP contribution < -0.4 is 10.1 Å². The van der Waals surface area contributed by atoms with E-state index >= 15 is 0 Å². The van der Waals surface area contributed by atoms with Crippen LogP contribution in [0.3, 0.4) is 0 Å². The minimum Gasteiger partial charge on any atom is -0.497 e. The third-order valence-electron chi connectivity index (χ3n) is 2.32. The zero-order chi connectivity index (χ0) is 12.1. The number of benzene rings is 1. The Kier molecular flexibility index (Phi) is 4.17. The lowest BCUT2D eigenvalue weighted by atomic mass is 10.3. The molecule has 0 unspecified atom stereocenters. The van der Waals surface area contributed by atoms with Crippen molar-refractivity contribution in [3.05, 3.63) is 18.2 Å². The number of ether oxygens (including phenoxy) is 2. The maximum atomic E-state index is 5.26. The molecule has 1 aromatic heterocycles. The maximum Gasteiger partial charge on any atom is 0.183 e. The molecular weight excluding hydrogens is 236 g/mol. The number of hydrogen-bond donors (Lipinski definition) is 1. The molecule has 1 aromatic carbocycles. The van der Waals surface area contributed by atoms with Crippen molar-refractivity contribution in [3.63, 3.8) is 0 Å². The summed E-state index contributed by atoms with van der Waals surface area (Å²) in [4.78, 5) is 4.48. The van der Waals surface area contributed by atoms with Gasteiger partial charge in [-0.25, -0.2) is 4.98 Å². The van der Waals surface area contributed by atoms with E-state index < -0.39 is 0 Å². The van der Waals surface area contributed by atoms with Crippen molar-refractivity contribution in [2.75, 3.05) is 32.2 Å². The SMILES string of the molecule is CCOCCNc1nc2ccc(OC)cc2s1. The summed E-state index contributed by atoms with van der Waals surface area (Å²) in [6.45, 7) is 4.23. The van der Waals surface area contributed by atoms with Gasteiger partial charge >= 0.3 is 0 Å². The van der Waals surface area contributed by atoms with E-state index in [0.29, 0.717) is 6.61 Å². The quantitative estimate of drug-likeness (QED) is 0.803. The Hall–Kier alpha value is -1.33. The second kappa shape index (κ2) is 5.84. The normalized spacial score (nSPS) is 10.7. The van der Waals surface area contributed by atoms with E-state index in [1.165, 1.54) is 0 Å². The van der Waals surface area contributed by atoms with Crippen LogP contribution in [0.5, 0.6) is 5.75 Å². The van der Waals surface area contributed by atoms with Crippen molar-refractivity contribution in [1.82, 2.24) is 4.98 Å². The highest BCUT2D eigenvalue weighted by molar-refractivity contribution is 7.22. The molecule has 5 heteroatoms. The Balaban J connectivity index is 2.04. The fourth-order valence-corrected chi connectivity index (χ4v) is 2.40. The van der Waals surface area contributed by atoms with E-state index in [9.17, 15) is 0 Å². The van der Waals surface area contributed by atoms with E-state index in [1.807, 2.05) is 25.1 Å². The van der Waals surface area contributed by atoms with E-state index in [0.717, 1.165) is 34.2 Å². The van der Waals surface area contributed by atoms with Crippen LogP contribution in [0, 0.1) is 0 Å². The molecule has 1 N–H and O–H groups in total. The zero-order valence-electron chi connectivity index (χ0n) is 10.0. The van der Waals surface area contributed by atoms with Gasteiger partial charge in [0, 0.05) is 13.2 Å². The molecule has 92 valence electrons. The first-order chi connectivity index (χ1) is 8.33. The molecule has 0 radical (unpaired) electrons. The lowest BCUT2D eigenvalue weighted by molar-refractivity contribution is 0.158. The standard InChI is InChI=1S/C12H16N2O2S/c1-3-16-7-6-13-12-14-10-5-4-9(15-2)8-11(10)17-12/h4-5,8H,3,6-7H2,1-2H3,(H,13,14). The summed E-state index contributed by atoms with van der Waals surface area (Å²) in [6, 6.07) is 5.89. The van der Waals surface area contributed by atoms with Crippen LogP contribution >= 0.6 is 11.3 Å². The third-order valence-corrected chi connectivity index (χ3v) is 3.30. The Bertz CT molecular complexity index is 484. The molecule has 0 aliphatic heterocycles. The van der Waals surface area contributed by atoms with Crippen molar-refractivity contribution in [2.45, 2.75) is 6.92 Å². The highest BCUT2D eigenvalue weighted by atomic mass is 32.1. The van der Waals surface area contributed by atoms with Crippen LogP contribution in [0.4, 0.5) is 5.13 Å². The Labute approximate surface area is 105 Å². The van der Waals surface area contributed by atoms with Crippen molar-refractivity contribution < 1.29 is 9.47 Å². The van der Waals surface area contributed by atoms with Gasteiger partial charge in [0.15, 0.2) is 5.13 Å². The van der Waals surface area contributed by atoms with Gasteiger partial charge in [-0.1, -0.05) is 11.3 Å². The van der Waals surface area contributed by atoms with Gasteiger partial charge in [0.1, 0.15) is 5.75 Å². The summed E-state index contributed by atoms with van der Waals surface area (Å²) in [5, 5.41) is 4.17. The average Bonchev–Trinajstić information content (AvgIpc) is 2.76. The predicted molar refractivity (Wildman–Crippen MR) is 71.2 cm³/mol. The van der Waals surface area contributed by atoms with Crippen molar-refractivity contribution >= 4 is 26.7 Å². The number of nitrogens with zero attached hydrogens (tertiary/aromatic N) is 1. The Morgan fingerprint density at radius 1 is 1.41 bits per heavy atom. The molecule has 0 aliphatic rings. The van der Waals surface area contributed by atoms with Gasteiger partial charge in [0.05, 0.1) is 23.9 Å². The van der Waals surface area contributed by atoms with E-state index in [-0.39, 0.29) is 0 Å². The summed E-state index contributed by atoms with van der Waals surface area (Å²) in [5.74, 6) is 0.863. The fourth-order valence-electron chi connectivity index (χ4n) is 1.48. The van der Waals surface area contributed by atoms with Gasteiger partial charge < -0.3 is 14.8 Å². The highest BCUT2D eigenvalue weighted by Gasteiger charge is 2.04. The van der Waals surface area contributed by atoms with Gasteiger partial charge in [-0.15, -0.1) is 0 Å². The second-order valence-electron chi connectivity index (χ2n) is 3.48. The molecular formula is C12H16N2O2S. The number of rotatable bonds is 6. The second-order valence-corrected chi connectivity index (χ2v) is 4.51. The number of thiazole rings is 1. The monoisotopic (exact) mass is 252 g/mol. The molecule has 1 heterocycles. The van der Waals surface area contributed by atoms with E-state index in [1.54, 1.807) is 18.4 Å². The van der Waals surface area contributed by atoms with Crippen LogP contribution in [0.15, 0.2) is 18.2 Å². The summed E-state index contributed by atoms with van der Waals surface area (Å²) in [7, 11) is 1.67. The van der Waals surface area contributed by atoms with Gasteiger partial charge in [0.2, 0.25) is 0 Å². The summed E-state index contributed by atoms with van der Waals surface area (Å²) in [5.41, 5.74) is 0.995. The maximum absolute atomic E-state index is 5.26. The van der Waals surface area contributed by atoms with Gasteiger partial charge in [0.25, 0.3) is 0 Å². The first-order valence-corrected chi connectivity index (χ1v) is 6.41. The highest BCUT2D eigenvalue weighted by Crippen LogP contribution is 2.28. The van der Waals surface area contributed by atoms with Crippen LogP contribution in [0.2, 0.25) is 0 Å². The molecule has 17 heavy (non-hydrogen) atoms. The number of hydrogen-bond acceptors (Lipinski definition) is 5. The zero-order valence-corrected chi connectivity index (χ0v) is 10.8. The lowest BCUT2D eigenvalue weighted by Gasteiger charge is -2.01. The predicted octanol–water partition coefficient (Wildman–Crippen LogP) is 2.75. The molecule has 2 rings (SSSR count). The molecule has 0 amide bonds. The molecule has 0 saturated heterocycles. The van der Waals surface area contributed by atoms with Gasteiger partial charge in [-0.2, -0.15) is 0 Å². The van der Waals surface area contributed by atoms with E-state index in [2.05, 4.69) is 10.3 Å². The fraction of sp³-hybridized carbons (Fsp3) is 0.417. The van der Waals surface area contributed by atoms with Crippen molar-refractivity contribution in [2.24, 2.45) is 0 Å². The molecule has 0 atom stereocenters. The summed E-state index contributed by atoms with van der Waals surface area (Å²) in [6.07, 6.45) is 0. The molecule has 0 aliphatic carbocycles. The van der Waals surface area contributed by atoms with Crippen LogP contribution in [0.1, 0.15) is 6.92 Å². The molecule has 0 saturated carbocycles. The van der Waals surface area contributed by atoms with Crippen LogP contribution in [0.25, 0.3) is 10.2 Å². The smallest absolute Gasteiger partial charge is 0.183 e. The average molecular weight is 252 g/mol. The molecule has 0 fully saturated rings. The minimum absolute atomic E-state index is 0.704. The van der Waals surface area contributed by atoms with Gasteiger partial charge in [-0.05, 0) is 25.1 Å². The van der Waals surface area contributed by atoms with Crippen molar-refractivity contribution in [1.29, 1.82) is 0 Å². The first-order valence-electron chi connectivity index (χ1n) is 5.59. The Morgan fingerprint density at radius 3 is 3.06 bits per heavy atom. The number of methoxy groups -OCH3 is 1. The molecule has 4 nitrogen and oxygen atoms in total. The largest absolute Gasteiger partial charge is 0.497 e. The molecule has 0 bridgehead atoms. The van der Waals surface area contributed by atoms with Crippen LogP contribution in [-0.4, -0.2) is 31.9 Å². The topological polar surface area (TPSA) is 43.4 Å². The summed E-state index contributed by atoms with van der Waals surface area (Å²) < 4.78 is 11.6. The lowest BCUT2D eigenvalue weighted by Crippen LogP contribution is -2.08. The minimum atomic E-state index is 0.704. The number of aromatic nitrogens is 1.